The first-order valence-electron chi connectivity index (χ1n) is 12.4. The van der Waals surface area contributed by atoms with Crippen molar-refractivity contribution in [3.63, 3.8) is 0 Å². The van der Waals surface area contributed by atoms with E-state index < -0.39 is 5.82 Å². The summed E-state index contributed by atoms with van der Waals surface area (Å²) in [7, 11) is 0. The van der Waals surface area contributed by atoms with E-state index >= 15 is 0 Å². The minimum atomic E-state index is -0.395. The molecular weight excluding hydrogens is 469 g/mol. The van der Waals surface area contributed by atoms with Gasteiger partial charge in [0.25, 0.3) is 0 Å². The number of aromatic nitrogens is 7. The molecule has 3 aromatic heterocycles. The van der Waals surface area contributed by atoms with Gasteiger partial charge in [-0.15, -0.1) is 5.10 Å². The zero-order valence-electron chi connectivity index (χ0n) is 21.0. The molecule has 0 spiro atoms. The van der Waals surface area contributed by atoms with Crippen LogP contribution < -0.4 is 5.69 Å². The molecule has 8 nitrogen and oxygen atoms in total. The molecule has 5 aromatic rings. The minimum absolute atomic E-state index is 0.243. The molecule has 0 saturated carbocycles. The molecule has 0 fully saturated rings. The van der Waals surface area contributed by atoms with E-state index in [4.69, 9.17) is 0 Å². The second kappa shape index (κ2) is 10.3. The smallest absolute Gasteiger partial charge is 0.289 e. The fraction of sp³-hybridized carbons (Fsp3) is 0.250. The summed E-state index contributed by atoms with van der Waals surface area (Å²) in [5.74, 6) is 0.166. The van der Waals surface area contributed by atoms with E-state index in [0.29, 0.717) is 24.4 Å². The molecule has 0 radical (unpaired) electrons. The Kier molecular flexibility index (Phi) is 6.76. The predicted molar refractivity (Wildman–Crippen MR) is 140 cm³/mol. The van der Waals surface area contributed by atoms with Crippen LogP contribution in [0, 0.1) is 5.82 Å². The third-order valence-corrected chi connectivity index (χ3v) is 6.71. The summed E-state index contributed by atoms with van der Waals surface area (Å²) >= 11 is 0. The second-order valence-electron chi connectivity index (χ2n) is 8.96. The Balaban J connectivity index is 1.54. The Morgan fingerprint density at radius 1 is 1.05 bits per heavy atom. The average Bonchev–Trinajstić information content (AvgIpc) is 3.57. The third-order valence-electron chi connectivity index (χ3n) is 6.71. The van der Waals surface area contributed by atoms with Gasteiger partial charge in [0.15, 0.2) is 5.82 Å². The lowest BCUT2D eigenvalue weighted by Crippen LogP contribution is -2.28. The molecule has 0 aliphatic heterocycles. The van der Waals surface area contributed by atoms with Crippen molar-refractivity contribution in [1.82, 2.24) is 34.7 Å². The van der Waals surface area contributed by atoms with Gasteiger partial charge in [0.2, 0.25) is 0 Å². The minimum Gasteiger partial charge on any atom is -0.289 e. The highest BCUT2D eigenvalue weighted by Gasteiger charge is 2.21. The van der Waals surface area contributed by atoms with E-state index in [1.165, 1.54) is 10.6 Å². The van der Waals surface area contributed by atoms with Crippen LogP contribution in [0.25, 0.3) is 28.2 Å². The van der Waals surface area contributed by atoms with Gasteiger partial charge >= 0.3 is 5.69 Å². The molecule has 0 aliphatic rings. The van der Waals surface area contributed by atoms with Crippen LogP contribution in [0.2, 0.25) is 0 Å². The monoisotopic (exact) mass is 497 g/mol. The van der Waals surface area contributed by atoms with Crippen molar-refractivity contribution < 1.29 is 4.39 Å². The summed E-state index contributed by atoms with van der Waals surface area (Å²) in [6, 6.07) is 14.6. The molecule has 2 aromatic carbocycles. The van der Waals surface area contributed by atoms with Crippen molar-refractivity contribution >= 4 is 0 Å². The number of tetrazole rings is 1. The van der Waals surface area contributed by atoms with E-state index in [9.17, 15) is 9.18 Å². The highest BCUT2D eigenvalue weighted by molar-refractivity contribution is 5.79. The van der Waals surface area contributed by atoms with Gasteiger partial charge in [0.05, 0.1) is 11.7 Å². The summed E-state index contributed by atoms with van der Waals surface area (Å²) in [6.45, 7) is 6.03. The van der Waals surface area contributed by atoms with Gasteiger partial charge in [-0.1, -0.05) is 56.7 Å². The van der Waals surface area contributed by atoms with Crippen LogP contribution in [0.15, 0.2) is 71.9 Å². The number of benzene rings is 2. The summed E-state index contributed by atoms with van der Waals surface area (Å²) in [4.78, 5) is 18.0. The van der Waals surface area contributed by atoms with Gasteiger partial charge in [-0.25, -0.2) is 14.3 Å². The average molecular weight is 498 g/mol. The van der Waals surface area contributed by atoms with E-state index in [-0.39, 0.29) is 11.7 Å². The van der Waals surface area contributed by atoms with Crippen LogP contribution >= 0.6 is 0 Å². The van der Waals surface area contributed by atoms with Crippen LogP contribution in [-0.4, -0.2) is 34.7 Å². The fourth-order valence-electron chi connectivity index (χ4n) is 4.83. The summed E-state index contributed by atoms with van der Waals surface area (Å²) < 4.78 is 18.2. The normalized spacial score (nSPS) is 12.1. The van der Waals surface area contributed by atoms with E-state index in [1.54, 1.807) is 29.2 Å². The molecule has 0 bridgehead atoms. The Morgan fingerprint density at radius 3 is 2.57 bits per heavy atom. The SMILES string of the molecule is CCCc1cn(-c2c(F)cccc2CC)c(=O)n1C(C)c1ccc(-c2cnccc2-c2nnn[nH]2)cc1. The lowest BCUT2D eigenvalue weighted by molar-refractivity contribution is 0.573. The zero-order chi connectivity index (χ0) is 25.9. The first kappa shape index (κ1) is 24.3. The van der Waals surface area contributed by atoms with Gasteiger partial charge in [-0.05, 0) is 59.0 Å². The van der Waals surface area contributed by atoms with Crippen molar-refractivity contribution in [2.45, 2.75) is 46.1 Å². The summed E-state index contributed by atoms with van der Waals surface area (Å²) in [5.41, 5.74) is 5.42. The molecule has 37 heavy (non-hydrogen) atoms. The molecule has 1 N–H and O–H groups in total. The van der Waals surface area contributed by atoms with Gasteiger partial charge in [-0.3, -0.25) is 14.1 Å². The number of pyridine rings is 1. The second-order valence-corrected chi connectivity index (χ2v) is 8.96. The number of nitrogens with one attached hydrogen (secondary N) is 1. The Hall–Kier alpha value is -4.40. The number of aromatic amines is 1. The van der Waals surface area contributed by atoms with Crippen LogP contribution in [0.5, 0.6) is 0 Å². The quantitative estimate of drug-likeness (QED) is 0.320. The molecule has 9 heteroatoms. The van der Waals surface area contributed by atoms with Crippen LogP contribution in [-0.2, 0) is 12.8 Å². The van der Waals surface area contributed by atoms with Crippen molar-refractivity contribution in [2.75, 3.05) is 0 Å². The van der Waals surface area contributed by atoms with E-state index in [2.05, 4.69) is 32.5 Å². The number of nitrogens with zero attached hydrogens (tertiary/aromatic N) is 6. The Labute approximate surface area is 213 Å². The topological polar surface area (TPSA) is 94.3 Å². The molecule has 5 rings (SSSR count). The Morgan fingerprint density at radius 2 is 1.86 bits per heavy atom. The number of para-hydroxylation sites is 1. The lowest BCUT2D eigenvalue weighted by atomic mass is 9.98. The fourth-order valence-corrected chi connectivity index (χ4v) is 4.83. The van der Waals surface area contributed by atoms with Gasteiger partial charge in [0, 0.05) is 35.4 Å². The maximum absolute atomic E-state index is 14.9. The number of halogens is 1. The number of H-pyrrole nitrogens is 1. The zero-order valence-corrected chi connectivity index (χ0v) is 21.0. The molecule has 3 heterocycles. The van der Waals surface area contributed by atoms with Crippen LogP contribution in [0.1, 0.15) is 50.1 Å². The summed E-state index contributed by atoms with van der Waals surface area (Å²) in [6.07, 6.45) is 7.48. The van der Waals surface area contributed by atoms with Gasteiger partial charge < -0.3 is 0 Å². The molecule has 1 unspecified atom stereocenters. The molecule has 1 atom stereocenters. The predicted octanol–water partition coefficient (Wildman–Crippen LogP) is 5.14. The molecular formula is C28H28FN7O. The summed E-state index contributed by atoms with van der Waals surface area (Å²) in [5, 5.41) is 14.2. The number of aryl methyl sites for hydroxylation is 2. The number of hydrogen-bond donors (Lipinski definition) is 1. The Bertz CT molecular complexity index is 1570. The van der Waals surface area contributed by atoms with E-state index in [1.807, 2.05) is 50.2 Å². The largest absolute Gasteiger partial charge is 0.333 e. The standard InChI is InChI=1S/C28H28FN7O/c1-4-7-22-17-35(26-19(5-2)8-6-9-25(26)29)28(37)36(22)18(3)20-10-12-21(13-11-20)24-16-30-15-14-23(24)27-31-33-34-32-27/h6,8-18H,4-5,7H2,1-3H3,(H,31,32,33,34). The maximum atomic E-state index is 14.9. The van der Waals surface area contributed by atoms with Crippen molar-refractivity contribution in [3.8, 4) is 28.2 Å². The van der Waals surface area contributed by atoms with E-state index in [0.717, 1.165) is 39.9 Å². The maximum Gasteiger partial charge on any atom is 0.333 e. The van der Waals surface area contributed by atoms with Gasteiger partial charge in [-0.2, -0.15) is 0 Å². The van der Waals surface area contributed by atoms with Crippen molar-refractivity contribution in [2.24, 2.45) is 0 Å². The lowest BCUT2D eigenvalue weighted by Gasteiger charge is -2.17. The van der Waals surface area contributed by atoms with Crippen LogP contribution in [0.4, 0.5) is 4.39 Å². The molecule has 0 amide bonds. The molecule has 0 aliphatic carbocycles. The third kappa shape index (κ3) is 4.48. The van der Waals surface area contributed by atoms with Crippen molar-refractivity contribution in [1.29, 1.82) is 0 Å². The van der Waals surface area contributed by atoms with Gasteiger partial charge in [0.1, 0.15) is 5.82 Å². The highest BCUT2D eigenvalue weighted by Crippen LogP contribution is 2.30. The number of rotatable bonds is 8. The van der Waals surface area contributed by atoms with Crippen LogP contribution in [0.3, 0.4) is 0 Å². The number of hydrogen-bond acceptors (Lipinski definition) is 5. The first-order valence-corrected chi connectivity index (χ1v) is 12.4. The molecule has 188 valence electrons. The van der Waals surface area contributed by atoms with Crippen molar-refractivity contribution in [3.05, 3.63) is 100 Å². The highest BCUT2D eigenvalue weighted by atomic mass is 19.1. The number of imidazole rings is 1. The first-order chi connectivity index (χ1) is 18.0. The molecule has 0 saturated heterocycles.